The van der Waals surface area contributed by atoms with E-state index in [0.717, 1.165) is 5.56 Å². The van der Waals surface area contributed by atoms with Gasteiger partial charge >= 0.3 is 0 Å². The lowest BCUT2D eigenvalue weighted by Gasteiger charge is -1.97. The fourth-order valence-electron chi connectivity index (χ4n) is 1.35. The van der Waals surface area contributed by atoms with Crippen LogP contribution in [0.4, 0.5) is 0 Å². The van der Waals surface area contributed by atoms with Crippen LogP contribution in [0, 0.1) is 19.3 Å². The van der Waals surface area contributed by atoms with Gasteiger partial charge in [0, 0.05) is 15.3 Å². The summed E-state index contributed by atoms with van der Waals surface area (Å²) in [5, 5.41) is 0. The molecule has 0 atom stereocenters. The van der Waals surface area contributed by atoms with Gasteiger partial charge in [0.15, 0.2) is 0 Å². The van der Waals surface area contributed by atoms with Crippen LogP contribution in [0.5, 0.6) is 0 Å². The van der Waals surface area contributed by atoms with E-state index in [4.69, 9.17) is 6.42 Å². The third-order valence-electron chi connectivity index (χ3n) is 2.05. The van der Waals surface area contributed by atoms with Gasteiger partial charge in [-0.25, -0.2) is 0 Å². The fraction of sp³-hybridized carbons (Fsp3) is 0.0769. The number of aryl methyl sites for hydroxylation is 1. The summed E-state index contributed by atoms with van der Waals surface area (Å²) in [6.45, 7) is 2.11. The Morgan fingerprint density at radius 3 is 2.71 bits per heavy atom. The number of terminal acetylenes is 1. The van der Waals surface area contributed by atoms with Crippen molar-refractivity contribution in [1.29, 1.82) is 0 Å². The van der Waals surface area contributed by atoms with E-state index in [2.05, 4.69) is 31.0 Å². The minimum Gasteiger partial charge on any atom is -0.141 e. The number of thiophene rings is 1. The summed E-state index contributed by atoms with van der Waals surface area (Å²) in [6.07, 6.45) is 5.36. The largest absolute Gasteiger partial charge is 0.141 e. The molecule has 0 saturated carbocycles. The molecule has 1 aromatic carbocycles. The first-order chi connectivity index (χ1) is 6.79. The van der Waals surface area contributed by atoms with Crippen LogP contribution in [-0.2, 0) is 0 Å². The molecule has 0 nitrogen and oxygen atoms in total. The SMILES string of the molecule is C#Cc1cccc(-c2ccc(C)s2)c1. The van der Waals surface area contributed by atoms with Gasteiger partial charge in [-0.05, 0) is 36.8 Å². The van der Waals surface area contributed by atoms with E-state index in [1.807, 2.05) is 18.2 Å². The van der Waals surface area contributed by atoms with E-state index in [1.165, 1.54) is 15.3 Å². The normalized spacial score (nSPS) is 9.71. The lowest BCUT2D eigenvalue weighted by Crippen LogP contribution is -1.75. The lowest BCUT2D eigenvalue weighted by molar-refractivity contribution is 1.63. The summed E-state index contributed by atoms with van der Waals surface area (Å²) in [4.78, 5) is 2.60. The van der Waals surface area contributed by atoms with Crippen molar-refractivity contribution >= 4 is 11.3 Å². The smallest absolute Gasteiger partial charge is 0.0345 e. The number of benzene rings is 1. The van der Waals surface area contributed by atoms with E-state index in [9.17, 15) is 0 Å². The van der Waals surface area contributed by atoms with Crippen LogP contribution in [0.15, 0.2) is 36.4 Å². The highest BCUT2D eigenvalue weighted by atomic mass is 32.1. The predicted molar refractivity (Wildman–Crippen MR) is 62.4 cm³/mol. The van der Waals surface area contributed by atoms with Crippen molar-refractivity contribution in [1.82, 2.24) is 0 Å². The molecular weight excluding hydrogens is 188 g/mol. The van der Waals surface area contributed by atoms with Gasteiger partial charge in [-0.15, -0.1) is 17.8 Å². The van der Waals surface area contributed by atoms with E-state index in [1.54, 1.807) is 11.3 Å². The first-order valence-electron chi connectivity index (χ1n) is 4.43. The average molecular weight is 198 g/mol. The Hall–Kier alpha value is -1.52. The maximum atomic E-state index is 5.36. The molecule has 1 heteroatoms. The zero-order valence-corrected chi connectivity index (χ0v) is 8.77. The molecule has 0 aliphatic rings. The van der Waals surface area contributed by atoms with Crippen molar-refractivity contribution in [2.24, 2.45) is 0 Å². The second kappa shape index (κ2) is 3.69. The highest BCUT2D eigenvalue weighted by Gasteiger charge is 2.00. The molecule has 0 radical (unpaired) electrons. The second-order valence-electron chi connectivity index (χ2n) is 3.14. The molecule has 68 valence electrons. The molecule has 1 aromatic heterocycles. The molecule has 0 aliphatic heterocycles. The Morgan fingerprint density at radius 2 is 2.07 bits per heavy atom. The second-order valence-corrected chi connectivity index (χ2v) is 4.42. The topological polar surface area (TPSA) is 0 Å². The molecule has 1 heterocycles. The Morgan fingerprint density at radius 1 is 1.21 bits per heavy atom. The van der Waals surface area contributed by atoms with Gasteiger partial charge < -0.3 is 0 Å². The van der Waals surface area contributed by atoms with Gasteiger partial charge in [-0.3, -0.25) is 0 Å². The molecule has 0 aliphatic carbocycles. The monoisotopic (exact) mass is 198 g/mol. The van der Waals surface area contributed by atoms with Crippen molar-refractivity contribution in [3.05, 3.63) is 46.8 Å². The minimum atomic E-state index is 0.938. The Kier molecular flexibility index (Phi) is 2.39. The first-order valence-corrected chi connectivity index (χ1v) is 5.25. The summed E-state index contributed by atoms with van der Waals surface area (Å²) in [7, 11) is 0. The summed E-state index contributed by atoms with van der Waals surface area (Å²) in [5.74, 6) is 2.65. The maximum Gasteiger partial charge on any atom is 0.0345 e. The molecule has 2 rings (SSSR count). The summed E-state index contributed by atoms with van der Waals surface area (Å²) in [5.41, 5.74) is 2.15. The maximum absolute atomic E-state index is 5.36. The van der Waals surface area contributed by atoms with Crippen LogP contribution in [0.25, 0.3) is 10.4 Å². The average Bonchev–Trinajstić information content (AvgIpc) is 2.65. The van der Waals surface area contributed by atoms with Crippen molar-refractivity contribution in [2.75, 3.05) is 0 Å². The van der Waals surface area contributed by atoms with Crippen molar-refractivity contribution in [2.45, 2.75) is 6.92 Å². The molecule has 0 spiro atoms. The highest BCUT2D eigenvalue weighted by Crippen LogP contribution is 2.27. The molecule has 0 bridgehead atoms. The zero-order chi connectivity index (χ0) is 9.97. The fourth-order valence-corrected chi connectivity index (χ4v) is 2.22. The van der Waals surface area contributed by atoms with E-state index in [-0.39, 0.29) is 0 Å². The highest BCUT2D eigenvalue weighted by molar-refractivity contribution is 7.15. The molecular formula is C13H10S. The quantitative estimate of drug-likeness (QED) is 0.613. The molecule has 2 aromatic rings. The lowest BCUT2D eigenvalue weighted by atomic mass is 10.1. The van der Waals surface area contributed by atoms with Gasteiger partial charge in [-0.1, -0.05) is 18.1 Å². The van der Waals surface area contributed by atoms with Crippen molar-refractivity contribution < 1.29 is 0 Å². The molecule has 0 amide bonds. The predicted octanol–water partition coefficient (Wildman–Crippen LogP) is 3.70. The van der Waals surface area contributed by atoms with Crippen LogP contribution in [0.2, 0.25) is 0 Å². The Bertz CT molecular complexity index is 486. The molecule has 0 N–H and O–H groups in total. The van der Waals surface area contributed by atoms with Crippen LogP contribution in [-0.4, -0.2) is 0 Å². The summed E-state index contributed by atoms with van der Waals surface area (Å²) < 4.78 is 0. The molecule has 14 heavy (non-hydrogen) atoms. The Balaban J connectivity index is 2.47. The molecule has 0 unspecified atom stereocenters. The van der Waals surface area contributed by atoms with Crippen molar-refractivity contribution in [3.8, 4) is 22.8 Å². The standard InChI is InChI=1S/C13H10S/c1-3-11-5-4-6-12(9-11)13-8-7-10(2)14-13/h1,4-9H,2H3. The first kappa shape index (κ1) is 9.05. The third-order valence-corrected chi connectivity index (χ3v) is 3.10. The van der Waals surface area contributed by atoms with Crippen LogP contribution < -0.4 is 0 Å². The van der Waals surface area contributed by atoms with Gasteiger partial charge in [0.1, 0.15) is 0 Å². The van der Waals surface area contributed by atoms with E-state index >= 15 is 0 Å². The van der Waals surface area contributed by atoms with E-state index in [0.29, 0.717) is 0 Å². The van der Waals surface area contributed by atoms with Crippen LogP contribution >= 0.6 is 11.3 Å². The summed E-state index contributed by atoms with van der Waals surface area (Å²) >= 11 is 1.79. The zero-order valence-electron chi connectivity index (χ0n) is 7.95. The minimum absolute atomic E-state index is 0.938. The molecule has 0 saturated heterocycles. The van der Waals surface area contributed by atoms with Gasteiger partial charge in [0.05, 0.1) is 0 Å². The van der Waals surface area contributed by atoms with Crippen LogP contribution in [0.3, 0.4) is 0 Å². The van der Waals surface area contributed by atoms with Gasteiger partial charge in [0.25, 0.3) is 0 Å². The summed E-state index contributed by atoms with van der Waals surface area (Å²) in [6, 6.07) is 12.3. The van der Waals surface area contributed by atoms with Gasteiger partial charge in [-0.2, -0.15) is 0 Å². The number of rotatable bonds is 1. The Labute approximate surface area is 88.2 Å². The number of hydrogen-bond donors (Lipinski definition) is 0. The van der Waals surface area contributed by atoms with Crippen molar-refractivity contribution in [3.63, 3.8) is 0 Å². The van der Waals surface area contributed by atoms with Crippen LogP contribution in [0.1, 0.15) is 10.4 Å². The molecule has 0 fully saturated rings. The third kappa shape index (κ3) is 1.71. The van der Waals surface area contributed by atoms with E-state index < -0.39 is 0 Å². The number of hydrogen-bond acceptors (Lipinski definition) is 1. The van der Waals surface area contributed by atoms with Gasteiger partial charge in [0.2, 0.25) is 0 Å².